The second-order valence-electron chi connectivity index (χ2n) is 3.51. The summed E-state index contributed by atoms with van der Waals surface area (Å²) in [6.07, 6.45) is 5.58. The maximum Gasteiger partial charge on any atom is 0.0825 e. The van der Waals surface area contributed by atoms with Gasteiger partial charge in [-0.05, 0) is 24.6 Å². The van der Waals surface area contributed by atoms with Gasteiger partial charge in [0, 0.05) is 32.2 Å². The summed E-state index contributed by atoms with van der Waals surface area (Å²) >= 11 is 0. The molecule has 0 radical (unpaired) electrons. The van der Waals surface area contributed by atoms with Gasteiger partial charge in [0.15, 0.2) is 0 Å². The predicted molar refractivity (Wildman–Crippen MR) is 59.5 cm³/mol. The number of aromatic nitrogens is 3. The molecule has 0 unspecified atom stereocenters. The van der Waals surface area contributed by atoms with Gasteiger partial charge < -0.3 is 5.32 Å². The van der Waals surface area contributed by atoms with Gasteiger partial charge in [-0.25, -0.2) is 0 Å². The van der Waals surface area contributed by atoms with Crippen LogP contribution in [-0.4, -0.2) is 14.8 Å². The molecule has 2 aromatic rings. The third-order valence-electron chi connectivity index (χ3n) is 2.25. The van der Waals surface area contributed by atoms with Crippen molar-refractivity contribution in [3.63, 3.8) is 0 Å². The first-order valence-electron chi connectivity index (χ1n) is 4.89. The van der Waals surface area contributed by atoms with E-state index in [2.05, 4.69) is 15.4 Å². The molecule has 0 spiro atoms. The van der Waals surface area contributed by atoms with Crippen LogP contribution in [0.4, 0.5) is 5.69 Å². The lowest BCUT2D eigenvalue weighted by Gasteiger charge is -2.03. The van der Waals surface area contributed by atoms with E-state index in [1.807, 2.05) is 37.0 Å². The molecule has 2 heterocycles. The second-order valence-corrected chi connectivity index (χ2v) is 3.51. The smallest absolute Gasteiger partial charge is 0.0825 e. The fourth-order valence-corrected chi connectivity index (χ4v) is 1.47. The van der Waals surface area contributed by atoms with Gasteiger partial charge in [0.05, 0.1) is 11.4 Å². The maximum absolute atomic E-state index is 4.27. The standard InChI is InChI=1S/C11H14N4/c1-9-11(8-15(2)14-9)13-7-10-3-5-12-6-4-10/h3-6,8,13H,7H2,1-2H3. The normalized spacial score (nSPS) is 10.3. The molecule has 2 aromatic heterocycles. The number of hydrogen-bond acceptors (Lipinski definition) is 3. The van der Waals surface area contributed by atoms with Crippen LogP contribution < -0.4 is 5.32 Å². The largest absolute Gasteiger partial charge is 0.378 e. The highest BCUT2D eigenvalue weighted by molar-refractivity contribution is 5.45. The summed E-state index contributed by atoms with van der Waals surface area (Å²) in [4.78, 5) is 3.98. The topological polar surface area (TPSA) is 42.7 Å². The van der Waals surface area contributed by atoms with Crippen LogP contribution in [0.15, 0.2) is 30.7 Å². The minimum Gasteiger partial charge on any atom is -0.378 e. The van der Waals surface area contributed by atoms with Crippen LogP contribution in [0.25, 0.3) is 0 Å². The summed E-state index contributed by atoms with van der Waals surface area (Å²) in [6.45, 7) is 2.80. The molecule has 0 saturated carbocycles. The average Bonchev–Trinajstić information content (AvgIpc) is 2.56. The van der Waals surface area contributed by atoms with Gasteiger partial charge in [-0.3, -0.25) is 9.67 Å². The molecule has 0 aliphatic carbocycles. The van der Waals surface area contributed by atoms with E-state index in [1.165, 1.54) is 5.56 Å². The number of rotatable bonds is 3. The fourth-order valence-electron chi connectivity index (χ4n) is 1.47. The van der Waals surface area contributed by atoms with Crippen LogP contribution in [0.1, 0.15) is 11.3 Å². The first-order chi connectivity index (χ1) is 7.25. The minimum atomic E-state index is 0.801. The summed E-state index contributed by atoms with van der Waals surface area (Å²) in [5, 5.41) is 7.60. The van der Waals surface area contributed by atoms with Crippen LogP contribution in [0.5, 0.6) is 0 Å². The molecule has 0 aliphatic rings. The third kappa shape index (κ3) is 2.34. The minimum absolute atomic E-state index is 0.801. The van der Waals surface area contributed by atoms with E-state index in [1.54, 1.807) is 12.4 Å². The van der Waals surface area contributed by atoms with Crippen molar-refractivity contribution < 1.29 is 0 Å². The van der Waals surface area contributed by atoms with E-state index < -0.39 is 0 Å². The molecule has 0 aromatic carbocycles. The summed E-state index contributed by atoms with van der Waals surface area (Å²) in [5.74, 6) is 0. The van der Waals surface area contributed by atoms with E-state index in [9.17, 15) is 0 Å². The van der Waals surface area contributed by atoms with Crippen molar-refractivity contribution in [1.82, 2.24) is 14.8 Å². The number of pyridine rings is 1. The van der Waals surface area contributed by atoms with Crippen molar-refractivity contribution in [3.05, 3.63) is 42.0 Å². The SMILES string of the molecule is Cc1nn(C)cc1NCc1ccncc1. The summed E-state index contributed by atoms with van der Waals surface area (Å²) < 4.78 is 1.81. The zero-order chi connectivity index (χ0) is 10.7. The summed E-state index contributed by atoms with van der Waals surface area (Å²) in [6, 6.07) is 4.00. The zero-order valence-corrected chi connectivity index (χ0v) is 8.94. The lowest BCUT2D eigenvalue weighted by atomic mass is 10.2. The van der Waals surface area contributed by atoms with Gasteiger partial charge >= 0.3 is 0 Å². The lowest BCUT2D eigenvalue weighted by Crippen LogP contribution is -1.99. The first kappa shape index (κ1) is 9.71. The lowest BCUT2D eigenvalue weighted by molar-refractivity contribution is 0.756. The monoisotopic (exact) mass is 202 g/mol. The van der Waals surface area contributed by atoms with Gasteiger partial charge in [-0.15, -0.1) is 0 Å². The molecule has 1 N–H and O–H groups in total. The van der Waals surface area contributed by atoms with E-state index in [-0.39, 0.29) is 0 Å². The molecule has 4 nitrogen and oxygen atoms in total. The van der Waals surface area contributed by atoms with Crippen molar-refractivity contribution >= 4 is 5.69 Å². The Morgan fingerprint density at radius 3 is 2.67 bits per heavy atom. The van der Waals surface area contributed by atoms with Crippen LogP contribution in [-0.2, 0) is 13.6 Å². The average molecular weight is 202 g/mol. The van der Waals surface area contributed by atoms with Crippen molar-refractivity contribution in [2.75, 3.05) is 5.32 Å². The molecule has 0 amide bonds. The highest BCUT2D eigenvalue weighted by atomic mass is 15.3. The number of anilines is 1. The van der Waals surface area contributed by atoms with Crippen molar-refractivity contribution in [3.8, 4) is 0 Å². The van der Waals surface area contributed by atoms with Gasteiger partial charge in [-0.1, -0.05) is 0 Å². The molecule has 0 fully saturated rings. The molecule has 0 saturated heterocycles. The Hall–Kier alpha value is -1.84. The number of nitrogens with zero attached hydrogens (tertiary/aromatic N) is 3. The van der Waals surface area contributed by atoms with Gasteiger partial charge in [0.1, 0.15) is 0 Å². The van der Waals surface area contributed by atoms with E-state index in [0.717, 1.165) is 17.9 Å². The Bertz CT molecular complexity index is 433. The Balaban J connectivity index is 2.02. The van der Waals surface area contributed by atoms with Gasteiger partial charge in [0.25, 0.3) is 0 Å². The Kier molecular flexibility index (Phi) is 2.67. The number of hydrogen-bond donors (Lipinski definition) is 1. The highest BCUT2D eigenvalue weighted by Crippen LogP contribution is 2.12. The van der Waals surface area contributed by atoms with Gasteiger partial charge in [0.2, 0.25) is 0 Å². The van der Waals surface area contributed by atoms with Crippen LogP contribution in [0, 0.1) is 6.92 Å². The summed E-state index contributed by atoms with van der Waals surface area (Å²) in [7, 11) is 1.92. The molecule has 15 heavy (non-hydrogen) atoms. The molecule has 0 atom stereocenters. The molecular formula is C11H14N4. The first-order valence-corrected chi connectivity index (χ1v) is 4.89. The van der Waals surface area contributed by atoms with Crippen molar-refractivity contribution in [2.45, 2.75) is 13.5 Å². The van der Waals surface area contributed by atoms with Crippen molar-refractivity contribution in [2.24, 2.45) is 7.05 Å². The quantitative estimate of drug-likeness (QED) is 0.824. The Labute approximate surface area is 89.0 Å². The molecule has 78 valence electrons. The fraction of sp³-hybridized carbons (Fsp3) is 0.273. The van der Waals surface area contributed by atoms with E-state index in [4.69, 9.17) is 0 Å². The zero-order valence-electron chi connectivity index (χ0n) is 8.94. The number of nitrogens with one attached hydrogen (secondary N) is 1. The molecule has 0 aliphatic heterocycles. The maximum atomic E-state index is 4.27. The predicted octanol–water partition coefficient (Wildman–Crippen LogP) is 1.74. The third-order valence-corrected chi connectivity index (χ3v) is 2.25. The van der Waals surface area contributed by atoms with E-state index in [0.29, 0.717) is 0 Å². The Morgan fingerprint density at radius 2 is 2.07 bits per heavy atom. The molecule has 4 heteroatoms. The highest BCUT2D eigenvalue weighted by Gasteiger charge is 2.01. The molecular weight excluding hydrogens is 188 g/mol. The molecule has 2 rings (SSSR count). The Morgan fingerprint density at radius 1 is 1.33 bits per heavy atom. The van der Waals surface area contributed by atoms with Crippen molar-refractivity contribution in [1.29, 1.82) is 0 Å². The summed E-state index contributed by atoms with van der Waals surface area (Å²) in [5.41, 5.74) is 3.31. The van der Waals surface area contributed by atoms with Crippen LogP contribution in [0.2, 0.25) is 0 Å². The van der Waals surface area contributed by atoms with Crippen LogP contribution in [0.3, 0.4) is 0 Å². The molecule has 0 bridgehead atoms. The van der Waals surface area contributed by atoms with Crippen LogP contribution >= 0.6 is 0 Å². The second kappa shape index (κ2) is 4.13. The van der Waals surface area contributed by atoms with Gasteiger partial charge in [-0.2, -0.15) is 5.10 Å². The number of aryl methyl sites for hydroxylation is 2. The van der Waals surface area contributed by atoms with E-state index >= 15 is 0 Å².